The van der Waals surface area contributed by atoms with Crippen molar-refractivity contribution < 1.29 is 0 Å². The highest BCUT2D eigenvalue weighted by Crippen LogP contribution is 2.22. The Morgan fingerprint density at radius 1 is 1.37 bits per heavy atom. The fourth-order valence-electron chi connectivity index (χ4n) is 2.14. The molecular weight excluding hydrogens is 349 g/mol. The predicted octanol–water partition coefficient (Wildman–Crippen LogP) is 3.31. The largest absolute Gasteiger partial charge is 0.338 e. The first-order valence-electron chi connectivity index (χ1n) is 6.66. The van der Waals surface area contributed by atoms with Crippen LogP contribution in [-0.2, 0) is 13.5 Å². The Labute approximate surface area is 128 Å². The van der Waals surface area contributed by atoms with Gasteiger partial charge in [0.15, 0.2) is 0 Å². The summed E-state index contributed by atoms with van der Waals surface area (Å²) < 4.78 is 3.40. The van der Waals surface area contributed by atoms with Gasteiger partial charge in [-0.1, -0.05) is 25.1 Å². The molecule has 1 heterocycles. The molecule has 0 saturated carbocycles. The van der Waals surface area contributed by atoms with Crippen LogP contribution < -0.4 is 5.32 Å². The number of rotatable bonds is 6. The molecule has 1 aromatic carbocycles. The van der Waals surface area contributed by atoms with Crippen LogP contribution in [0.1, 0.15) is 30.8 Å². The third-order valence-corrected chi connectivity index (χ3v) is 4.21. The smallest absolute Gasteiger partial charge is 0.110 e. The number of aryl methyl sites for hydroxylation is 1. The van der Waals surface area contributed by atoms with Gasteiger partial charge >= 0.3 is 0 Å². The van der Waals surface area contributed by atoms with Crippen molar-refractivity contribution in [3.8, 4) is 0 Å². The van der Waals surface area contributed by atoms with E-state index >= 15 is 0 Å². The van der Waals surface area contributed by atoms with Crippen molar-refractivity contribution in [3.63, 3.8) is 0 Å². The lowest BCUT2D eigenvalue weighted by Gasteiger charge is -2.20. The third kappa shape index (κ3) is 3.79. The van der Waals surface area contributed by atoms with Gasteiger partial charge in [0.2, 0.25) is 0 Å². The number of hydrogen-bond acceptors (Lipinski definition) is 2. The summed E-state index contributed by atoms with van der Waals surface area (Å²) in [4.78, 5) is 4.44. The molecule has 3 nitrogen and oxygen atoms in total. The number of nitrogens with zero attached hydrogens (tertiary/aromatic N) is 2. The molecule has 0 saturated heterocycles. The maximum atomic E-state index is 4.44. The van der Waals surface area contributed by atoms with Gasteiger partial charge in [-0.2, -0.15) is 0 Å². The molecule has 1 aromatic heterocycles. The van der Waals surface area contributed by atoms with Gasteiger partial charge in [-0.05, 0) is 47.2 Å². The molecule has 0 bridgehead atoms. The van der Waals surface area contributed by atoms with Crippen molar-refractivity contribution in [1.29, 1.82) is 0 Å². The van der Waals surface area contributed by atoms with Crippen LogP contribution in [-0.4, -0.2) is 16.1 Å². The van der Waals surface area contributed by atoms with E-state index in [2.05, 4.69) is 75.7 Å². The van der Waals surface area contributed by atoms with Crippen LogP contribution in [0, 0.1) is 3.57 Å². The van der Waals surface area contributed by atoms with Gasteiger partial charge in [-0.25, -0.2) is 4.98 Å². The molecule has 0 amide bonds. The normalized spacial score (nSPS) is 12.6. The minimum Gasteiger partial charge on any atom is -0.338 e. The number of halogens is 1. The van der Waals surface area contributed by atoms with Crippen molar-refractivity contribution in [2.24, 2.45) is 7.05 Å². The van der Waals surface area contributed by atoms with Crippen LogP contribution in [0.15, 0.2) is 36.7 Å². The zero-order chi connectivity index (χ0) is 13.7. The molecule has 0 aliphatic carbocycles. The van der Waals surface area contributed by atoms with E-state index in [0.29, 0.717) is 6.04 Å². The van der Waals surface area contributed by atoms with Crippen LogP contribution in [0.25, 0.3) is 0 Å². The molecule has 0 spiro atoms. The Morgan fingerprint density at radius 3 is 2.79 bits per heavy atom. The minimum atomic E-state index is 0.328. The van der Waals surface area contributed by atoms with E-state index in [1.807, 2.05) is 12.4 Å². The van der Waals surface area contributed by atoms with Crippen molar-refractivity contribution in [3.05, 3.63) is 51.6 Å². The standard InChI is InChI=1S/C15H20IN3/c1-3-8-17-14(11-15-18-9-10-19(15)2)12-6-4-5-7-13(12)16/h4-7,9-10,14,17H,3,8,11H2,1-2H3. The highest BCUT2D eigenvalue weighted by Gasteiger charge is 2.16. The molecule has 2 rings (SSSR count). The second-order valence-corrected chi connectivity index (χ2v) is 5.85. The Hall–Kier alpha value is -0.880. The second kappa shape index (κ2) is 7.05. The lowest BCUT2D eigenvalue weighted by Crippen LogP contribution is -2.25. The van der Waals surface area contributed by atoms with E-state index in [1.165, 1.54) is 9.13 Å². The Balaban J connectivity index is 2.21. The summed E-state index contributed by atoms with van der Waals surface area (Å²) in [5.74, 6) is 1.12. The Kier molecular flexibility index (Phi) is 5.39. The maximum Gasteiger partial charge on any atom is 0.110 e. The van der Waals surface area contributed by atoms with Gasteiger partial charge in [0, 0.05) is 35.5 Å². The van der Waals surface area contributed by atoms with Crippen LogP contribution in [0.2, 0.25) is 0 Å². The van der Waals surface area contributed by atoms with Gasteiger partial charge in [0.1, 0.15) is 5.82 Å². The molecule has 0 aliphatic heterocycles. The number of benzene rings is 1. The van der Waals surface area contributed by atoms with Gasteiger partial charge in [-0.15, -0.1) is 0 Å². The van der Waals surface area contributed by atoms with Gasteiger partial charge in [0.25, 0.3) is 0 Å². The number of nitrogens with one attached hydrogen (secondary N) is 1. The Morgan fingerprint density at radius 2 is 2.16 bits per heavy atom. The molecule has 19 heavy (non-hydrogen) atoms. The summed E-state index contributed by atoms with van der Waals surface area (Å²) in [6.45, 7) is 3.22. The van der Waals surface area contributed by atoms with Crippen LogP contribution in [0.5, 0.6) is 0 Å². The number of imidazole rings is 1. The zero-order valence-electron chi connectivity index (χ0n) is 11.4. The average Bonchev–Trinajstić information content (AvgIpc) is 2.81. The van der Waals surface area contributed by atoms with Gasteiger partial charge in [0.05, 0.1) is 0 Å². The van der Waals surface area contributed by atoms with Crippen molar-refractivity contribution in [2.75, 3.05) is 6.54 Å². The highest BCUT2D eigenvalue weighted by molar-refractivity contribution is 14.1. The number of aromatic nitrogens is 2. The summed E-state index contributed by atoms with van der Waals surface area (Å²) in [6, 6.07) is 8.89. The van der Waals surface area contributed by atoms with E-state index in [4.69, 9.17) is 0 Å². The predicted molar refractivity (Wildman–Crippen MR) is 87.1 cm³/mol. The van der Waals surface area contributed by atoms with Crippen molar-refractivity contribution >= 4 is 22.6 Å². The quantitative estimate of drug-likeness (QED) is 0.792. The molecule has 0 fully saturated rings. The zero-order valence-corrected chi connectivity index (χ0v) is 13.6. The first-order chi connectivity index (χ1) is 9.22. The lowest BCUT2D eigenvalue weighted by atomic mass is 10.0. The molecule has 0 aliphatic rings. The molecule has 1 N–H and O–H groups in total. The van der Waals surface area contributed by atoms with Crippen molar-refractivity contribution in [1.82, 2.24) is 14.9 Å². The average molecular weight is 369 g/mol. The fourth-order valence-corrected chi connectivity index (χ4v) is 2.91. The lowest BCUT2D eigenvalue weighted by molar-refractivity contribution is 0.510. The third-order valence-electron chi connectivity index (χ3n) is 3.23. The topological polar surface area (TPSA) is 29.9 Å². The molecular formula is C15H20IN3. The second-order valence-electron chi connectivity index (χ2n) is 4.69. The molecule has 102 valence electrons. The first kappa shape index (κ1) is 14.5. The van der Waals surface area contributed by atoms with Gasteiger partial charge in [-0.3, -0.25) is 0 Å². The molecule has 1 atom stereocenters. The van der Waals surface area contributed by atoms with E-state index < -0.39 is 0 Å². The van der Waals surface area contributed by atoms with Crippen LogP contribution in [0.3, 0.4) is 0 Å². The molecule has 2 aromatic rings. The summed E-state index contributed by atoms with van der Waals surface area (Å²) in [6.07, 6.45) is 5.92. The van der Waals surface area contributed by atoms with Crippen molar-refractivity contribution in [2.45, 2.75) is 25.8 Å². The summed E-state index contributed by atoms with van der Waals surface area (Å²) in [7, 11) is 2.05. The summed E-state index contributed by atoms with van der Waals surface area (Å²) in [5, 5.41) is 3.63. The summed E-state index contributed by atoms with van der Waals surface area (Å²) >= 11 is 2.41. The minimum absolute atomic E-state index is 0.328. The van der Waals surface area contributed by atoms with Crippen LogP contribution >= 0.6 is 22.6 Å². The maximum absolute atomic E-state index is 4.44. The van der Waals surface area contributed by atoms with Gasteiger partial charge < -0.3 is 9.88 Å². The number of hydrogen-bond donors (Lipinski definition) is 1. The monoisotopic (exact) mass is 369 g/mol. The van der Waals surface area contributed by atoms with E-state index in [-0.39, 0.29) is 0 Å². The first-order valence-corrected chi connectivity index (χ1v) is 7.74. The molecule has 4 heteroatoms. The van der Waals surface area contributed by atoms with Crippen LogP contribution in [0.4, 0.5) is 0 Å². The summed E-state index contributed by atoms with van der Waals surface area (Å²) in [5.41, 5.74) is 1.36. The molecule has 1 unspecified atom stereocenters. The Bertz CT molecular complexity index is 522. The van der Waals surface area contributed by atoms with E-state index in [0.717, 1.165) is 25.2 Å². The van der Waals surface area contributed by atoms with E-state index in [9.17, 15) is 0 Å². The fraction of sp³-hybridized carbons (Fsp3) is 0.400. The van der Waals surface area contributed by atoms with E-state index in [1.54, 1.807) is 0 Å². The highest BCUT2D eigenvalue weighted by atomic mass is 127. The SMILES string of the molecule is CCCNC(Cc1nccn1C)c1ccccc1I. The molecule has 0 radical (unpaired) electrons.